The number of fused-ring (bicyclic) bond motifs is 1. The molecule has 1 unspecified atom stereocenters. The number of hydrogen-bond donors (Lipinski definition) is 1. The van der Waals surface area contributed by atoms with Crippen LogP contribution in [0.15, 0.2) is 23.3 Å². The van der Waals surface area contributed by atoms with E-state index in [1.165, 1.54) is 6.92 Å². The van der Waals surface area contributed by atoms with Gasteiger partial charge in [0.15, 0.2) is 0 Å². The molecule has 0 fully saturated rings. The highest BCUT2D eigenvalue weighted by Crippen LogP contribution is 2.33. The van der Waals surface area contributed by atoms with Crippen molar-refractivity contribution < 1.29 is 21.6 Å². The summed E-state index contributed by atoms with van der Waals surface area (Å²) < 4.78 is 62.8. The normalized spacial score (nSPS) is 13.9. The Bertz CT molecular complexity index is 944. The molecule has 0 aliphatic heterocycles. The van der Waals surface area contributed by atoms with E-state index in [9.17, 15) is 26.4 Å². The summed E-state index contributed by atoms with van der Waals surface area (Å²) in [6.45, 7) is 1.30. The Morgan fingerprint density at radius 2 is 2.00 bits per heavy atom. The molecule has 2 aromatic rings. The van der Waals surface area contributed by atoms with E-state index in [2.05, 4.69) is 4.98 Å². The molecule has 1 aromatic heterocycles. The molecule has 0 saturated heterocycles. The van der Waals surface area contributed by atoms with Gasteiger partial charge in [-0.05, 0) is 19.1 Å². The first kappa shape index (κ1) is 18.8. The second-order valence-corrected chi connectivity index (χ2v) is 7.67. The van der Waals surface area contributed by atoms with Crippen LogP contribution >= 0.6 is 23.2 Å². The summed E-state index contributed by atoms with van der Waals surface area (Å²) in [5.41, 5.74) is -2.36. The minimum Gasteiger partial charge on any atom is -0.267 e. The zero-order valence-corrected chi connectivity index (χ0v) is 14.3. The number of rotatable bonds is 4. The van der Waals surface area contributed by atoms with E-state index in [0.717, 1.165) is 6.33 Å². The van der Waals surface area contributed by atoms with Crippen molar-refractivity contribution in [2.45, 2.75) is 18.3 Å². The smallest absolute Gasteiger partial charge is 0.267 e. The summed E-state index contributed by atoms with van der Waals surface area (Å²) in [5, 5.41) is -1.88. The fourth-order valence-corrected chi connectivity index (χ4v) is 3.25. The van der Waals surface area contributed by atoms with Gasteiger partial charge in [-0.2, -0.15) is 17.8 Å². The first-order chi connectivity index (χ1) is 11.0. The van der Waals surface area contributed by atoms with Crippen LogP contribution in [0.2, 0.25) is 5.02 Å². The van der Waals surface area contributed by atoms with Gasteiger partial charge in [0.05, 0.1) is 26.7 Å². The third kappa shape index (κ3) is 3.60. The fourth-order valence-electron chi connectivity index (χ4n) is 1.73. The first-order valence-electron chi connectivity index (χ1n) is 6.33. The van der Waals surface area contributed by atoms with Crippen molar-refractivity contribution in [3.63, 3.8) is 0 Å². The Kier molecular flexibility index (Phi) is 5.03. The lowest BCUT2D eigenvalue weighted by Crippen LogP contribution is -2.38. The highest BCUT2D eigenvalue weighted by Gasteiger charge is 2.32. The molecule has 12 heteroatoms. The van der Waals surface area contributed by atoms with E-state index >= 15 is 0 Å². The Morgan fingerprint density at radius 1 is 1.38 bits per heavy atom. The van der Waals surface area contributed by atoms with Gasteiger partial charge in [-0.3, -0.25) is 4.79 Å². The highest BCUT2D eigenvalue weighted by molar-refractivity contribution is 7.93. The van der Waals surface area contributed by atoms with Crippen molar-refractivity contribution in [1.82, 2.24) is 9.66 Å². The van der Waals surface area contributed by atoms with Gasteiger partial charge in [0.2, 0.25) is 10.0 Å². The van der Waals surface area contributed by atoms with Crippen LogP contribution in [0.25, 0.3) is 10.9 Å². The number of sulfonamides is 1. The molecule has 1 atom stereocenters. The van der Waals surface area contributed by atoms with E-state index in [-0.39, 0.29) is 16.4 Å². The topological polar surface area (TPSA) is 81.1 Å². The highest BCUT2D eigenvalue weighted by atomic mass is 35.5. The Labute approximate surface area is 144 Å². The van der Waals surface area contributed by atoms with E-state index in [0.29, 0.717) is 16.8 Å². The van der Waals surface area contributed by atoms with Crippen molar-refractivity contribution in [2.24, 2.45) is 0 Å². The third-order valence-electron chi connectivity index (χ3n) is 3.11. The molecule has 0 aliphatic rings. The van der Waals surface area contributed by atoms with Gasteiger partial charge < -0.3 is 0 Å². The van der Waals surface area contributed by atoms with Crippen molar-refractivity contribution in [2.75, 3.05) is 10.7 Å². The van der Waals surface area contributed by atoms with Crippen molar-refractivity contribution >= 4 is 44.1 Å². The van der Waals surface area contributed by atoms with Crippen LogP contribution in [0.3, 0.4) is 0 Å². The molecule has 0 radical (unpaired) electrons. The largest absolute Gasteiger partial charge is 0.416 e. The predicted octanol–water partition coefficient (Wildman–Crippen LogP) is 2.57. The van der Waals surface area contributed by atoms with Gasteiger partial charge in [-0.1, -0.05) is 11.6 Å². The molecule has 0 spiro atoms. The summed E-state index contributed by atoms with van der Waals surface area (Å²) in [6.07, 6.45) is -3.90. The molecule has 1 aromatic carbocycles. The van der Waals surface area contributed by atoms with Crippen LogP contribution in [0, 0.1) is 0 Å². The molecule has 1 N–H and O–H groups in total. The Balaban J connectivity index is 2.64. The number of benzene rings is 1. The van der Waals surface area contributed by atoms with Crippen LogP contribution < -0.4 is 10.4 Å². The molecule has 0 bridgehead atoms. The number of nitrogens with one attached hydrogen (secondary N) is 1. The van der Waals surface area contributed by atoms with E-state index in [4.69, 9.17) is 23.2 Å². The summed E-state index contributed by atoms with van der Waals surface area (Å²) in [7, 11) is -4.02. The maximum Gasteiger partial charge on any atom is 0.416 e. The van der Waals surface area contributed by atoms with Crippen molar-refractivity contribution in [3.8, 4) is 0 Å². The standard InChI is InChI=1S/C12H10Cl2F3N3O3S/c1-6(4-13)24(22,23)19-20-5-18-10-8(11(20)21)2-7(3-9(10)14)12(15,16)17/h2-3,5-6,19H,4H2,1H3. The predicted molar refractivity (Wildman–Crippen MR) is 84.5 cm³/mol. The fraction of sp³-hybridized carbons (Fsp3) is 0.333. The van der Waals surface area contributed by atoms with Gasteiger partial charge in [-0.15, -0.1) is 11.6 Å². The lowest BCUT2D eigenvalue weighted by Gasteiger charge is -2.14. The zero-order valence-electron chi connectivity index (χ0n) is 11.9. The maximum absolute atomic E-state index is 12.8. The van der Waals surface area contributed by atoms with Gasteiger partial charge in [0.1, 0.15) is 6.33 Å². The summed E-state index contributed by atoms with van der Waals surface area (Å²) in [5.74, 6) is -0.241. The molecule has 6 nitrogen and oxygen atoms in total. The van der Waals surface area contributed by atoms with Crippen molar-refractivity contribution in [3.05, 3.63) is 39.4 Å². The molecule has 2 rings (SSSR count). The monoisotopic (exact) mass is 403 g/mol. The van der Waals surface area contributed by atoms with Crippen LogP contribution in [0.1, 0.15) is 12.5 Å². The minimum atomic E-state index is -4.72. The molecule has 1 heterocycles. The third-order valence-corrected chi connectivity index (χ3v) is 5.73. The zero-order chi connectivity index (χ0) is 18.3. The second kappa shape index (κ2) is 6.41. The van der Waals surface area contributed by atoms with Crippen LogP contribution in [-0.4, -0.2) is 29.2 Å². The second-order valence-electron chi connectivity index (χ2n) is 4.87. The van der Waals surface area contributed by atoms with Gasteiger partial charge in [0, 0.05) is 5.88 Å². The quantitative estimate of drug-likeness (QED) is 0.795. The molecule has 0 saturated carbocycles. The SMILES string of the molecule is CC(CCl)S(=O)(=O)Nn1cnc2c(Cl)cc(C(F)(F)F)cc2c1=O. The lowest BCUT2D eigenvalue weighted by atomic mass is 10.1. The number of aromatic nitrogens is 2. The van der Waals surface area contributed by atoms with Crippen LogP contribution in [0.4, 0.5) is 13.2 Å². The van der Waals surface area contributed by atoms with E-state index in [1.54, 1.807) is 0 Å². The molecule has 0 aliphatic carbocycles. The number of nitrogens with zero attached hydrogens (tertiary/aromatic N) is 2. The summed E-state index contributed by atoms with van der Waals surface area (Å²) in [6, 6.07) is 1.20. The van der Waals surface area contributed by atoms with Gasteiger partial charge in [-0.25, -0.2) is 18.2 Å². The number of hydrogen-bond acceptors (Lipinski definition) is 4. The number of halogens is 5. The Morgan fingerprint density at radius 3 is 2.54 bits per heavy atom. The first-order valence-corrected chi connectivity index (χ1v) is 8.79. The van der Waals surface area contributed by atoms with Gasteiger partial charge >= 0.3 is 6.18 Å². The number of alkyl halides is 4. The van der Waals surface area contributed by atoms with E-state index < -0.39 is 38.0 Å². The minimum absolute atomic E-state index is 0.171. The molecular formula is C12H10Cl2F3N3O3S. The molecule has 132 valence electrons. The van der Waals surface area contributed by atoms with Gasteiger partial charge in [0.25, 0.3) is 5.56 Å². The summed E-state index contributed by atoms with van der Waals surface area (Å²) >= 11 is 11.2. The maximum atomic E-state index is 12.8. The van der Waals surface area contributed by atoms with E-state index in [1.807, 2.05) is 4.83 Å². The molecule has 24 heavy (non-hydrogen) atoms. The molecular weight excluding hydrogens is 394 g/mol. The molecule has 0 amide bonds. The van der Waals surface area contributed by atoms with Crippen LogP contribution in [0.5, 0.6) is 0 Å². The average molecular weight is 404 g/mol. The average Bonchev–Trinajstić information content (AvgIpc) is 2.48. The lowest BCUT2D eigenvalue weighted by molar-refractivity contribution is -0.137. The Hall–Kier alpha value is -1.52. The van der Waals surface area contributed by atoms with Crippen LogP contribution in [-0.2, 0) is 16.2 Å². The summed E-state index contributed by atoms with van der Waals surface area (Å²) in [4.78, 5) is 17.9. The van der Waals surface area contributed by atoms with Crippen molar-refractivity contribution in [1.29, 1.82) is 0 Å².